The first-order valence-corrected chi connectivity index (χ1v) is 10.2. The number of amides is 1. The van der Waals surface area contributed by atoms with E-state index < -0.39 is 0 Å². The van der Waals surface area contributed by atoms with Crippen LogP contribution in [-0.4, -0.2) is 53.3 Å². The molecule has 4 rings (SSSR count). The third-order valence-electron chi connectivity index (χ3n) is 5.24. The second-order valence-electron chi connectivity index (χ2n) is 7.27. The number of ether oxygens (including phenoxy) is 1. The van der Waals surface area contributed by atoms with E-state index in [1.54, 1.807) is 0 Å². The average molecular weight is 388 g/mol. The number of aromatic nitrogens is 2. The van der Waals surface area contributed by atoms with Crippen LogP contribution < -0.4 is 15.0 Å². The Morgan fingerprint density at radius 3 is 2.81 bits per heavy atom. The molecule has 1 saturated heterocycles. The van der Waals surface area contributed by atoms with Gasteiger partial charge in [-0.25, -0.2) is 0 Å². The summed E-state index contributed by atoms with van der Waals surface area (Å²) in [6, 6.07) is 7.01. The van der Waals surface area contributed by atoms with Gasteiger partial charge in [-0.05, 0) is 31.0 Å². The topological polar surface area (TPSA) is 70.6 Å². The predicted octanol–water partition coefficient (Wildman–Crippen LogP) is 2.70. The van der Waals surface area contributed by atoms with Gasteiger partial charge < -0.3 is 15.0 Å². The molecule has 0 radical (unpaired) electrons. The highest BCUT2D eigenvalue weighted by Crippen LogP contribution is 2.33. The standard InChI is InChI=1S/C19H25N5O2S/c1-12-10-16-5-4-15(11-17(16)26-12)13(2)23-6-8-24(9-7-23)19-22-21-18(27-19)20-14(3)25/h4-5,11-13H,6-10H2,1-3H3,(H,20,21,25). The number of anilines is 2. The molecular weight excluding hydrogens is 362 g/mol. The number of nitrogens with one attached hydrogen (secondary N) is 1. The minimum atomic E-state index is -0.121. The minimum Gasteiger partial charge on any atom is -0.490 e. The molecule has 0 bridgehead atoms. The third-order valence-corrected chi connectivity index (χ3v) is 6.14. The Kier molecular flexibility index (Phi) is 5.01. The van der Waals surface area contributed by atoms with E-state index in [0.29, 0.717) is 11.2 Å². The Balaban J connectivity index is 1.37. The van der Waals surface area contributed by atoms with Gasteiger partial charge in [-0.1, -0.05) is 23.5 Å². The second kappa shape index (κ2) is 7.44. The molecule has 8 heteroatoms. The summed E-state index contributed by atoms with van der Waals surface area (Å²) in [6.45, 7) is 9.58. The van der Waals surface area contributed by atoms with E-state index >= 15 is 0 Å². The van der Waals surface area contributed by atoms with Crippen molar-refractivity contribution in [2.24, 2.45) is 0 Å². The number of benzene rings is 1. The van der Waals surface area contributed by atoms with Gasteiger partial charge in [0.1, 0.15) is 11.9 Å². The van der Waals surface area contributed by atoms with Crippen LogP contribution in [0.2, 0.25) is 0 Å². The molecule has 2 aromatic rings. The van der Waals surface area contributed by atoms with Crippen LogP contribution >= 0.6 is 11.3 Å². The highest BCUT2D eigenvalue weighted by Gasteiger charge is 2.26. The van der Waals surface area contributed by atoms with Crippen molar-refractivity contribution in [3.05, 3.63) is 29.3 Å². The third kappa shape index (κ3) is 3.91. The second-order valence-corrected chi connectivity index (χ2v) is 8.23. The molecule has 2 atom stereocenters. The quantitative estimate of drug-likeness (QED) is 0.870. The van der Waals surface area contributed by atoms with Crippen LogP contribution in [0.15, 0.2) is 18.2 Å². The summed E-state index contributed by atoms with van der Waals surface area (Å²) in [7, 11) is 0. The van der Waals surface area contributed by atoms with Crippen molar-refractivity contribution in [3.63, 3.8) is 0 Å². The number of rotatable bonds is 4. The van der Waals surface area contributed by atoms with Crippen molar-refractivity contribution < 1.29 is 9.53 Å². The lowest BCUT2D eigenvalue weighted by atomic mass is 10.0. The Morgan fingerprint density at radius 1 is 1.30 bits per heavy atom. The summed E-state index contributed by atoms with van der Waals surface area (Å²) in [6.07, 6.45) is 1.29. The molecule has 1 N–H and O–H groups in total. The molecule has 0 aliphatic carbocycles. The summed E-state index contributed by atoms with van der Waals surface area (Å²) in [4.78, 5) is 15.9. The summed E-state index contributed by atoms with van der Waals surface area (Å²) >= 11 is 1.42. The normalized spacial score (nSPS) is 20.9. The van der Waals surface area contributed by atoms with Gasteiger partial charge >= 0.3 is 0 Å². The number of carbonyl (C=O) groups is 1. The maximum Gasteiger partial charge on any atom is 0.223 e. The molecule has 27 heavy (non-hydrogen) atoms. The lowest BCUT2D eigenvalue weighted by molar-refractivity contribution is -0.114. The van der Waals surface area contributed by atoms with Crippen molar-refractivity contribution in [1.29, 1.82) is 0 Å². The lowest BCUT2D eigenvalue weighted by Gasteiger charge is -2.38. The van der Waals surface area contributed by atoms with Crippen molar-refractivity contribution in [2.45, 2.75) is 39.3 Å². The van der Waals surface area contributed by atoms with Crippen molar-refractivity contribution in [3.8, 4) is 5.75 Å². The monoisotopic (exact) mass is 387 g/mol. The molecule has 1 amide bonds. The fourth-order valence-corrected chi connectivity index (χ4v) is 4.58. The van der Waals surface area contributed by atoms with E-state index in [2.05, 4.69) is 57.4 Å². The Labute approximate surface area is 163 Å². The first-order chi connectivity index (χ1) is 13.0. The highest BCUT2D eigenvalue weighted by atomic mass is 32.1. The number of fused-ring (bicyclic) bond motifs is 1. The molecule has 1 fully saturated rings. The summed E-state index contributed by atoms with van der Waals surface area (Å²) < 4.78 is 5.92. The fourth-order valence-electron chi connectivity index (χ4n) is 3.73. The molecule has 3 heterocycles. The molecule has 2 unspecified atom stereocenters. The van der Waals surface area contributed by atoms with E-state index in [1.165, 1.54) is 29.4 Å². The number of hydrogen-bond acceptors (Lipinski definition) is 7. The maximum atomic E-state index is 11.1. The van der Waals surface area contributed by atoms with Gasteiger partial charge in [0.2, 0.25) is 16.2 Å². The summed E-state index contributed by atoms with van der Waals surface area (Å²) in [5.41, 5.74) is 2.62. The first kappa shape index (κ1) is 18.2. The first-order valence-electron chi connectivity index (χ1n) is 9.39. The van der Waals surface area contributed by atoms with Crippen molar-refractivity contribution in [1.82, 2.24) is 15.1 Å². The number of piperazine rings is 1. The summed E-state index contributed by atoms with van der Waals surface area (Å²) in [5, 5.41) is 12.4. The van der Waals surface area contributed by atoms with E-state index in [0.717, 1.165) is 43.5 Å². The fraction of sp³-hybridized carbons (Fsp3) is 0.526. The minimum absolute atomic E-state index is 0.121. The van der Waals surface area contributed by atoms with Crippen LogP contribution in [0.25, 0.3) is 0 Å². The molecule has 2 aliphatic heterocycles. The molecule has 1 aromatic carbocycles. The number of nitrogens with zero attached hydrogens (tertiary/aromatic N) is 4. The van der Waals surface area contributed by atoms with E-state index in [9.17, 15) is 4.79 Å². The Bertz CT molecular complexity index is 831. The van der Waals surface area contributed by atoms with E-state index in [4.69, 9.17) is 4.74 Å². The highest BCUT2D eigenvalue weighted by molar-refractivity contribution is 7.19. The van der Waals surface area contributed by atoms with Crippen LogP contribution in [0.3, 0.4) is 0 Å². The molecule has 7 nitrogen and oxygen atoms in total. The smallest absolute Gasteiger partial charge is 0.223 e. The van der Waals surface area contributed by atoms with Crippen molar-refractivity contribution in [2.75, 3.05) is 36.4 Å². The van der Waals surface area contributed by atoms with Gasteiger partial charge in [-0.3, -0.25) is 9.69 Å². The SMILES string of the molecule is CC(=O)Nc1nnc(N2CCN(C(C)c3ccc4c(c3)OC(C)C4)CC2)s1. The molecule has 1 aromatic heterocycles. The van der Waals surface area contributed by atoms with E-state index in [1.807, 2.05) is 0 Å². The van der Waals surface area contributed by atoms with Gasteiger partial charge in [-0.15, -0.1) is 10.2 Å². The summed E-state index contributed by atoms with van der Waals surface area (Å²) in [5.74, 6) is 0.925. The van der Waals surface area contributed by atoms with Gasteiger partial charge in [0.05, 0.1) is 0 Å². The molecule has 0 saturated carbocycles. The van der Waals surface area contributed by atoms with Crippen LogP contribution in [0, 0.1) is 0 Å². The lowest BCUT2D eigenvalue weighted by Crippen LogP contribution is -2.47. The van der Waals surface area contributed by atoms with Crippen LogP contribution in [0.5, 0.6) is 5.75 Å². The zero-order valence-electron chi connectivity index (χ0n) is 15.9. The van der Waals surface area contributed by atoms with E-state index in [-0.39, 0.29) is 12.0 Å². The van der Waals surface area contributed by atoms with Gasteiger partial charge in [0, 0.05) is 45.6 Å². The van der Waals surface area contributed by atoms with Gasteiger partial charge in [0.25, 0.3) is 0 Å². The molecule has 0 spiro atoms. The largest absolute Gasteiger partial charge is 0.490 e. The van der Waals surface area contributed by atoms with Crippen molar-refractivity contribution >= 4 is 27.5 Å². The average Bonchev–Trinajstić information content (AvgIpc) is 3.25. The van der Waals surface area contributed by atoms with Gasteiger partial charge in [0.15, 0.2) is 0 Å². The van der Waals surface area contributed by atoms with Gasteiger partial charge in [-0.2, -0.15) is 0 Å². The predicted molar refractivity (Wildman–Crippen MR) is 107 cm³/mol. The van der Waals surface area contributed by atoms with Crippen LogP contribution in [0.1, 0.15) is 37.9 Å². The number of hydrogen-bond donors (Lipinski definition) is 1. The molecular formula is C19H25N5O2S. The maximum absolute atomic E-state index is 11.1. The Hall–Kier alpha value is -2.19. The van der Waals surface area contributed by atoms with Crippen LogP contribution in [0.4, 0.5) is 10.3 Å². The molecule has 144 valence electrons. The zero-order valence-corrected chi connectivity index (χ0v) is 16.8. The van der Waals surface area contributed by atoms with Crippen LogP contribution in [-0.2, 0) is 11.2 Å². The Morgan fingerprint density at radius 2 is 2.07 bits per heavy atom. The number of carbonyl (C=O) groups excluding carboxylic acids is 1. The molecule has 2 aliphatic rings. The zero-order chi connectivity index (χ0) is 19.0.